The summed E-state index contributed by atoms with van der Waals surface area (Å²) in [5.74, 6) is -2.43. The monoisotopic (exact) mass is 365 g/mol. The van der Waals surface area contributed by atoms with Crippen molar-refractivity contribution in [3.63, 3.8) is 0 Å². The van der Waals surface area contributed by atoms with Gasteiger partial charge in [-0.25, -0.2) is 0 Å². The molecule has 102 valence electrons. The van der Waals surface area contributed by atoms with Crippen molar-refractivity contribution in [3.8, 4) is 0 Å². The molecule has 0 saturated carbocycles. The van der Waals surface area contributed by atoms with E-state index in [0.717, 1.165) is 14.2 Å². The molecular weight excluding hydrogens is 358 g/mol. The highest BCUT2D eigenvalue weighted by Crippen LogP contribution is 2.57. The molecule has 1 amide bonds. The number of carbonyl (C=O) groups is 1. The average molecular weight is 367 g/mol. The number of halogens is 5. The van der Waals surface area contributed by atoms with Gasteiger partial charge in [-0.1, -0.05) is 58.0 Å². The first-order chi connectivity index (χ1) is 7.58. The lowest BCUT2D eigenvalue weighted by Crippen LogP contribution is -2.46. The van der Waals surface area contributed by atoms with E-state index in [4.69, 9.17) is 58.0 Å². The van der Waals surface area contributed by atoms with Crippen LogP contribution >= 0.6 is 65.6 Å². The van der Waals surface area contributed by atoms with Crippen LogP contribution in [-0.2, 0) is 18.4 Å². The van der Waals surface area contributed by atoms with E-state index in [2.05, 4.69) is 14.4 Å². The third kappa shape index (κ3) is 5.29. The highest BCUT2D eigenvalue weighted by molar-refractivity contribution is 7.55. The van der Waals surface area contributed by atoms with Gasteiger partial charge in [0.2, 0.25) is 3.79 Å². The summed E-state index contributed by atoms with van der Waals surface area (Å²) in [4.78, 5) is 9.89. The SMILES string of the molecule is COP(=O)(OC)C(NC(=O)C(Cl)Cl)C(Cl)(Cl)Cl. The van der Waals surface area contributed by atoms with Crippen molar-refractivity contribution in [3.05, 3.63) is 0 Å². The Hall–Kier alpha value is 1.07. The van der Waals surface area contributed by atoms with Crippen LogP contribution in [-0.4, -0.2) is 34.5 Å². The molecule has 0 aromatic rings. The molecule has 1 unspecified atom stereocenters. The van der Waals surface area contributed by atoms with Gasteiger partial charge < -0.3 is 14.4 Å². The Morgan fingerprint density at radius 1 is 1.24 bits per heavy atom. The lowest BCUT2D eigenvalue weighted by molar-refractivity contribution is -0.119. The predicted molar refractivity (Wildman–Crippen MR) is 69.3 cm³/mol. The average Bonchev–Trinajstić information content (AvgIpc) is 2.22. The van der Waals surface area contributed by atoms with Gasteiger partial charge in [-0.05, 0) is 0 Å². The zero-order chi connectivity index (χ0) is 13.9. The molecule has 0 fully saturated rings. The minimum absolute atomic E-state index is 0.890. The molecule has 0 rings (SSSR count). The van der Waals surface area contributed by atoms with Crippen LogP contribution < -0.4 is 5.32 Å². The zero-order valence-corrected chi connectivity index (χ0v) is 13.3. The van der Waals surface area contributed by atoms with E-state index in [1.165, 1.54) is 0 Å². The van der Waals surface area contributed by atoms with Crippen molar-refractivity contribution in [2.75, 3.05) is 14.2 Å². The topological polar surface area (TPSA) is 64.6 Å². The summed E-state index contributed by atoms with van der Waals surface area (Å²) in [6, 6.07) is 0. The number of amides is 1. The van der Waals surface area contributed by atoms with E-state index in [0.29, 0.717) is 0 Å². The molecule has 1 atom stereocenters. The van der Waals surface area contributed by atoms with Crippen LogP contribution in [0.2, 0.25) is 0 Å². The summed E-state index contributed by atoms with van der Waals surface area (Å²) in [7, 11) is -1.69. The minimum atomic E-state index is -3.85. The number of rotatable bonds is 5. The van der Waals surface area contributed by atoms with E-state index >= 15 is 0 Å². The summed E-state index contributed by atoms with van der Waals surface area (Å²) in [5, 5.41) is 2.09. The van der Waals surface area contributed by atoms with Gasteiger partial charge in [0.05, 0.1) is 0 Å². The third-order valence-electron chi connectivity index (χ3n) is 1.61. The van der Waals surface area contributed by atoms with Crippen LogP contribution in [0.15, 0.2) is 0 Å². The Balaban J connectivity index is 5.17. The fourth-order valence-corrected chi connectivity index (χ4v) is 3.40. The molecule has 0 bridgehead atoms. The van der Waals surface area contributed by atoms with Gasteiger partial charge in [0.25, 0.3) is 5.91 Å². The van der Waals surface area contributed by atoms with Crippen molar-refractivity contribution in [2.24, 2.45) is 0 Å². The van der Waals surface area contributed by atoms with E-state index in [1.54, 1.807) is 0 Å². The molecule has 0 heterocycles. The van der Waals surface area contributed by atoms with Crippen LogP contribution in [0.25, 0.3) is 0 Å². The number of hydrogen-bond acceptors (Lipinski definition) is 4. The maximum atomic E-state index is 12.1. The Bertz CT molecular complexity index is 312. The summed E-state index contributed by atoms with van der Waals surface area (Å²) in [5.41, 5.74) is 0. The number of carbonyl (C=O) groups excluding carboxylic acids is 1. The van der Waals surface area contributed by atoms with Crippen molar-refractivity contribution in [2.45, 2.75) is 14.4 Å². The summed E-state index contributed by atoms with van der Waals surface area (Å²) >= 11 is 27.4. The third-order valence-corrected chi connectivity index (χ3v) is 5.29. The van der Waals surface area contributed by atoms with Gasteiger partial charge in [-0.3, -0.25) is 9.36 Å². The smallest absolute Gasteiger partial charge is 0.336 e. The zero-order valence-electron chi connectivity index (χ0n) is 8.62. The lowest BCUT2D eigenvalue weighted by Gasteiger charge is -2.30. The molecule has 1 N–H and O–H groups in total. The molecule has 0 radical (unpaired) electrons. The van der Waals surface area contributed by atoms with Crippen molar-refractivity contribution >= 4 is 71.5 Å². The van der Waals surface area contributed by atoms with E-state index in [9.17, 15) is 9.36 Å². The van der Waals surface area contributed by atoms with Crippen LogP contribution in [0.3, 0.4) is 0 Å². The normalized spacial score (nSPS) is 14.8. The quantitative estimate of drug-likeness (QED) is 0.599. The highest BCUT2D eigenvalue weighted by Gasteiger charge is 2.49. The Kier molecular flexibility index (Phi) is 7.46. The summed E-state index contributed by atoms with van der Waals surface area (Å²) < 4.78 is 19.2. The van der Waals surface area contributed by atoms with Gasteiger partial charge in [0.1, 0.15) is 0 Å². The molecule has 0 saturated heterocycles. The van der Waals surface area contributed by atoms with Gasteiger partial charge in [0.15, 0.2) is 10.6 Å². The van der Waals surface area contributed by atoms with Crippen molar-refractivity contribution in [1.82, 2.24) is 5.32 Å². The molecule has 0 aliphatic carbocycles. The fraction of sp³-hybridized carbons (Fsp3) is 0.833. The molecular formula is C6H9Cl5NO4P. The second-order valence-electron chi connectivity index (χ2n) is 2.66. The second kappa shape index (κ2) is 7.01. The molecule has 11 heteroatoms. The molecule has 0 aromatic carbocycles. The van der Waals surface area contributed by atoms with Crippen molar-refractivity contribution in [1.29, 1.82) is 0 Å². The standard InChI is InChI=1S/C6H9Cl5NO4P/c1-15-17(14,16-2)5(6(9,10)11)12-4(13)3(7)8/h3,5H,1-2H3,(H,12,13). The van der Waals surface area contributed by atoms with Crippen LogP contribution in [0.4, 0.5) is 0 Å². The molecule has 0 aliphatic heterocycles. The summed E-state index contributed by atoms with van der Waals surface area (Å²) in [6.07, 6.45) is 0. The van der Waals surface area contributed by atoms with Crippen LogP contribution in [0, 0.1) is 0 Å². The lowest BCUT2D eigenvalue weighted by atomic mass is 10.6. The van der Waals surface area contributed by atoms with E-state index < -0.39 is 27.9 Å². The second-order valence-corrected chi connectivity index (χ2v) is 8.45. The van der Waals surface area contributed by atoms with Crippen LogP contribution in [0.1, 0.15) is 0 Å². The molecule has 0 aromatic heterocycles. The van der Waals surface area contributed by atoms with Crippen LogP contribution in [0.5, 0.6) is 0 Å². The maximum absolute atomic E-state index is 12.1. The minimum Gasteiger partial charge on any atom is -0.336 e. The Morgan fingerprint density at radius 2 is 1.65 bits per heavy atom. The number of nitrogens with one attached hydrogen (secondary N) is 1. The molecule has 0 aliphatic rings. The van der Waals surface area contributed by atoms with E-state index in [1.807, 2.05) is 0 Å². The number of hydrogen-bond donors (Lipinski definition) is 1. The number of alkyl halides is 5. The highest BCUT2D eigenvalue weighted by atomic mass is 35.6. The van der Waals surface area contributed by atoms with E-state index in [-0.39, 0.29) is 0 Å². The maximum Gasteiger partial charge on any atom is 0.356 e. The van der Waals surface area contributed by atoms with Gasteiger partial charge >= 0.3 is 7.60 Å². The Labute approximate surface area is 123 Å². The van der Waals surface area contributed by atoms with Gasteiger partial charge in [-0.15, -0.1) is 0 Å². The van der Waals surface area contributed by atoms with Crippen molar-refractivity contribution < 1.29 is 18.4 Å². The van der Waals surface area contributed by atoms with Gasteiger partial charge in [0, 0.05) is 14.2 Å². The molecule has 17 heavy (non-hydrogen) atoms. The largest absolute Gasteiger partial charge is 0.356 e. The first-order valence-corrected chi connectivity index (χ1v) is 7.56. The van der Waals surface area contributed by atoms with Gasteiger partial charge in [-0.2, -0.15) is 0 Å². The first kappa shape index (κ1) is 18.1. The molecule has 5 nitrogen and oxygen atoms in total. The fourth-order valence-electron chi connectivity index (χ4n) is 0.823. The molecule has 0 spiro atoms. The predicted octanol–water partition coefficient (Wildman–Crippen LogP) is 3.09. The first-order valence-electron chi connectivity index (χ1n) is 3.95. The summed E-state index contributed by atoms with van der Waals surface area (Å²) in [6.45, 7) is 0. The Morgan fingerprint density at radius 3 is 1.88 bits per heavy atom.